The Labute approximate surface area is 149 Å². The molecule has 3 atom stereocenters. The molecule has 4 heteroatoms. The number of carbonyl (C=O) groups excluding carboxylic acids is 1. The van der Waals surface area contributed by atoms with Crippen molar-refractivity contribution in [2.45, 2.75) is 38.1 Å². The Bertz CT molecular complexity index is 760. The maximum Gasteiger partial charge on any atom is 0.224 e. The molecule has 0 heterocycles. The molecule has 1 aliphatic carbocycles. The first-order valence-corrected chi connectivity index (χ1v) is 8.77. The van der Waals surface area contributed by atoms with Crippen LogP contribution in [0.15, 0.2) is 48.5 Å². The van der Waals surface area contributed by atoms with E-state index in [2.05, 4.69) is 24.4 Å². The molecule has 0 bridgehead atoms. The van der Waals surface area contributed by atoms with E-state index in [1.807, 2.05) is 37.3 Å². The van der Waals surface area contributed by atoms with Crippen LogP contribution in [-0.4, -0.2) is 23.6 Å². The molecule has 1 fully saturated rings. The van der Waals surface area contributed by atoms with Gasteiger partial charge in [-0.05, 0) is 42.5 Å². The highest BCUT2D eigenvalue weighted by Gasteiger charge is 2.55. The zero-order chi connectivity index (χ0) is 18.0. The minimum atomic E-state index is -0.144. The standard InChI is InChI=1S/C21H26N2O2/c1-14-10-15(8-9-19(14)24)11-17(22)13-23-20(25)18-12-21(18,2)16-6-4-3-5-7-16/h3-10,17-18,24H,11-13,22H2,1-2H3,(H,23,25)/t17-,18?,21?/m0/s1. The minimum absolute atomic E-state index is 0.0259. The second kappa shape index (κ2) is 6.89. The molecule has 0 saturated heterocycles. The van der Waals surface area contributed by atoms with Crippen molar-refractivity contribution in [1.82, 2.24) is 5.32 Å². The third kappa shape index (κ3) is 3.85. The lowest BCUT2D eigenvalue weighted by molar-refractivity contribution is -0.122. The highest BCUT2D eigenvalue weighted by molar-refractivity contribution is 5.84. The fraction of sp³-hybridized carbons (Fsp3) is 0.381. The van der Waals surface area contributed by atoms with Crippen molar-refractivity contribution in [3.63, 3.8) is 0 Å². The summed E-state index contributed by atoms with van der Waals surface area (Å²) < 4.78 is 0. The van der Waals surface area contributed by atoms with Gasteiger partial charge < -0.3 is 16.2 Å². The Morgan fingerprint density at radius 2 is 2.04 bits per heavy atom. The van der Waals surface area contributed by atoms with E-state index in [-0.39, 0.29) is 23.3 Å². The lowest BCUT2D eigenvalue weighted by Crippen LogP contribution is -2.40. The van der Waals surface area contributed by atoms with Crippen LogP contribution in [0.2, 0.25) is 0 Å². The summed E-state index contributed by atoms with van der Waals surface area (Å²) in [5.41, 5.74) is 9.24. The first-order chi connectivity index (χ1) is 11.9. The van der Waals surface area contributed by atoms with Crippen molar-refractivity contribution < 1.29 is 9.90 Å². The maximum atomic E-state index is 12.5. The average molecular weight is 338 g/mol. The molecule has 0 spiro atoms. The van der Waals surface area contributed by atoms with Crippen molar-refractivity contribution in [2.24, 2.45) is 11.7 Å². The average Bonchev–Trinajstić information content (AvgIpc) is 3.30. The summed E-state index contributed by atoms with van der Waals surface area (Å²) in [7, 11) is 0. The van der Waals surface area contributed by atoms with E-state index in [9.17, 15) is 9.90 Å². The summed E-state index contributed by atoms with van der Waals surface area (Å²) in [5.74, 6) is 0.404. The number of aryl methyl sites for hydroxylation is 1. The molecule has 2 unspecified atom stereocenters. The topological polar surface area (TPSA) is 75.3 Å². The Kier molecular flexibility index (Phi) is 4.82. The van der Waals surface area contributed by atoms with Crippen molar-refractivity contribution >= 4 is 5.91 Å². The van der Waals surface area contributed by atoms with Crippen LogP contribution in [0.3, 0.4) is 0 Å². The fourth-order valence-corrected chi connectivity index (χ4v) is 3.46. The molecular formula is C21H26N2O2. The number of carbonyl (C=O) groups is 1. The highest BCUT2D eigenvalue weighted by Crippen LogP contribution is 2.53. The van der Waals surface area contributed by atoms with Crippen LogP contribution in [0.5, 0.6) is 5.75 Å². The molecule has 3 rings (SSSR count). The van der Waals surface area contributed by atoms with Crippen LogP contribution in [-0.2, 0) is 16.6 Å². The Morgan fingerprint density at radius 1 is 1.32 bits per heavy atom. The van der Waals surface area contributed by atoms with Gasteiger partial charge in [0.05, 0.1) is 0 Å². The van der Waals surface area contributed by atoms with Gasteiger partial charge in [0.15, 0.2) is 0 Å². The summed E-state index contributed by atoms with van der Waals surface area (Å²) in [6, 6.07) is 15.6. The van der Waals surface area contributed by atoms with Gasteiger partial charge in [-0.25, -0.2) is 0 Å². The third-order valence-corrected chi connectivity index (χ3v) is 5.28. The Morgan fingerprint density at radius 3 is 2.72 bits per heavy atom. The summed E-state index contributed by atoms with van der Waals surface area (Å²) in [5, 5.41) is 12.6. The number of aromatic hydroxyl groups is 1. The number of phenolic OH excluding ortho intramolecular Hbond substituents is 1. The molecule has 1 saturated carbocycles. The van der Waals surface area contributed by atoms with E-state index in [1.165, 1.54) is 5.56 Å². The van der Waals surface area contributed by atoms with Gasteiger partial charge in [-0.2, -0.15) is 0 Å². The normalized spacial score (nSPS) is 23.1. The van der Waals surface area contributed by atoms with Gasteiger partial charge in [-0.1, -0.05) is 49.4 Å². The van der Waals surface area contributed by atoms with Crippen molar-refractivity contribution in [3.8, 4) is 5.75 Å². The number of nitrogens with one attached hydrogen (secondary N) is 1. The fourth-order valence-electron chi connectivity index (χ4n) is 3.46. The molecule has 1 amide bonds. The van der Waals surface area contributed by atoms with Crippen LogP contribution < -0.4 is 11.1 Å². The van der Waals surface area contributed by atoms with Gasteiger partial charge in [0, 0.05) is 23.9 Å². The molecule has 0 aliphatic heterocycles. The first-order valence-electron chi connectivity index (χ1n) is 8.77. The zero-order valence-corrected chi connectivity index (χ0v) is 14.8. The zero-order valence-electron chi connectivity index (χ0n) is 14.8. The lowest BCUT2D eigenvalue weighted by atomic mass is 9.95. The number of phenols is 1. The molecule has 2 aromatic carbocycles. The largest absolute Gasteiger partial charge is 0.508 e. The second-order valence-electron chi connectivity index (χ2n) is 7.37. The highest BCUT2D eigenvalue weighted by atomic mass is 16.3. The van der Waals surface area contributed by atoms with Crippen LogP contribution in [0.25, 0.3) is 0 Å². The van der Waals surface area contributed by atoms with Crippen LogP contribution in [0, 0.1) is 12.8 Å². The van der Waals surface area contributed by atoms with E-state index in [1.54, 1.807) is 6.07 Å². The van der Waals surface area contributed by atoms with Gasteiger partial charge >= 0.3 is 0 Å². The summed E-state index contributed by atoms with van der Waals surface area (Å²) in [4.78, 5) is 12.5. The number of benzene rings is 2. The van der Waals surface area contributed by atoms with Gasteiger partial charge in [0.25, 0.3) is 0 Å². The molecule has 0 aromatic heterocycles. The predicted molar refractivity (Wildman–Crippen MR) is 99.4 cm³/mol. The second-order valence-corrected chi connectivity index (χ2v) is 7.37. The number of hydrogen-bond donors (Lipinski definition) is 3. The molecule has 4 N–H and O–H groups in total. The first kappa shape index (κ1) is 17.5. The number of amides is 1. The van der Waals surface area contributed by atoms with Gasteiger partial charge in [0.1, 0.15) is 5.75 Å². The minimum Gasteiger partial charge on any atom is -0.508 e. The molecule has 132 valence electrons. The van der Waals surface area contributed by atoms with E-state index in [0.717, 1.165) is 17.5 Å². The smallest absolute Gasteiger partial charge is 0.224 e. The van der Waals surface area contributed by atoms with E-state index in [4.69, 9.17) is 5.73 Å². The molecule has 1 aliphatic rings. The molecular weight excluding hydrogens is 312 g/mol. The SMILES string of the molecule is Cc1cc(C[C@H](N)CNC(=O)C2CC2(C)c2ccccc2)ccc1O. The van der Waals surface area contributed by atoms with Crippen LogP contribution in [0.1, 0.15) is 30.0 Å². The van der Waals surface area contributed by atoms with Crippen molar-refractivity contribution in [2.75, 3.05) is 6.54 Å². The monoisotopic (exact) mass is 338 g/mol. The quantitative estimate of drug-likeness (QED) is 0.758. The number of hydrogen-bond acceptors (Lipinski definition) is 3. The summed E-state index contributed by atoms with van der Waals surface area (Å²) in [6.45, 7) is 4.47. The molecule has 4 nitrogen and oxygen atoms in total. The van der Waals surface area contributed by atoms with Gasteiger partial charge in [-0.3, -0.25) is 4.79 Å². The van der Waals surface area contributed by atoms with E-state index >= 15 is 0 Å². The molecule has 2 aromatic rings. The number of rotatable bonds is 6. The molecule has 25 heavy (non-hydrogen) atoms. The van der Waals surface area contributed by atoms with E-state index < -0.39 is 0 Å². The Hall–Kier alpha value is -2.33. The number of nitrogens with two attached hydrogens (primary N) is 1. The van der Waals surface area contributed by atoms with Gasteiger partial charge in [-0.15, -0.1) is 0 Å². The third-order valence-electron chi connectivity index (χ3n) is 5.28. The van der Waals surface area contributed by atoms with E-state index in [0.29, 0.717) is 18.7 Å². The summed E-state index contributed by atoms with van der Waals surface area (Å²) in [6.07, 6.45) is 1.55. The predicted octanol–water partition coefficient (Wildman–Crippen LogP) is 2.66. The van der Waals surface area contributed by atoms with Crippen molar-refractivity contribution in [1.29, 1.82) is 0 Å². The van der Waals surface area contributed by atoms with Crippen LogP contribution >= 0.6 is 0 Å². The van der Waals surface area contributed by atoms with Crippen LogP contribution in [0.4, 0.5) is 0 Å². The lowest BCUT2D eigenvalue weighted by Gasteiger charge is -2.15. The van der Waals surface area contributed by atoms with Crippen molar-refractivity contribution in [3.05, 3.63) is 65.2 Å². The summed E-state index contributed by atoms with van der Waals surface area (Å²) >= 11 is 0. The maximum absolute atomic E-state index is 12.5. The Balaban J connectivity index is 1.50. The molecule has 0 radical (unpaired) electrons. The van der Waals surface area contributed by atoms with Gasteiger partial charge in [0.2, 0.25) is 5.91 Å².